The SMILES string of the molecule is CNC.O=Cc1cc(F)cc(Nc2ncnc(N3CC(Oc4ccc(Cl)cc4F)C3)n2)c1. The van der Waals surface area contributed by atoms with E-state index in [4.69, 9.17) is 16.3 Å². The predicted molar refractivity (Wildman–Crippen MR) is 118 cm³/mol. The summed E-state index contributed by atoms with van der Waals surface area (Å²) in [5.74, 6) is -0.346. The van der Waals surface area contributed by atoms with Crippen molar-refractivity contribution < 1.29 is 18.3 Å². The van der Waals surface area contributed by atoms with Gasteiger partial charge in [-0.2, -0.15) is 4.98 Å². The van der Waals surface area contributed by atoms with E-state index in [1.807, 2.05) is 19.0 Å². The topological polar surface area (TPSA) is 92.3 Å². The summed E-state index contributed by atoms with van der Waals surface area (Å²) in [6.45, 7) is 0.918. The summed E-state index contributed by atoms with van der Waals surface area (Å²) in [7, 11) is 3.75. The molecule has 2 N–H and O–H groups in total. The summed E-state index contributed by atoms with van der Waals surface area (Å²) in [5, 5.41) is 5.90. The van der Waals surface area contributed by atoms with Crippen molar-refractivity contribution in [2.75, 3.05) is 37.4 Å². The Morgan fingerprint density at radius 1 is 1.16 bits per heavy atom. The minimum absolute atomic E-state index is 0.133. The molecular formula is C21H21ClF2N6O2. The molecule has 1 saturated heterocycles. The van der Waals surface area contributed by atoms with Gasteiger partial charge in [0, 0.05) is 16.3 Å². The lowest BCUT2D eigenvalue weighted by atomic mass is 10.2. The third-order valence-corrected chi connectivity index (χ3v) is 4.43. The number of aromatic nitrogens is 3. The van der Waals surface area contributed by atoms with Gasteiger partial charge >= 0.3 is 0 Å². The molecule has 1 aliphatic heterocycles. The van der Waals surface area contributed by atoms with Crippen molar-refractivity contribution in [3.05, 3.63) is 64.9 Å². The van der Waals surface area contributed by atoms with Crippen molar-refractivity contribution in [1.29, 1.82) is 0 Å². The average Bonchev–Trinajstić information content (AvgIpc) is 2.72. The van der Waals surface area contributed by atoms with Crippen molar-refractivity contribution in [2.24, 2.45) is 0 Å². The van der Waals surface area contributed by atoms with Gasteiger partial charge in [0.05, 0.1) is 13.1 Å². The number of halogens is 3. The fourth-order valence-electron chi connectivity index (χ4n) is 2.81. The van der Waals surface area contributed by atoms with Crippen molar-refractivity contribution in [2.45, 2.75) is 6.10 Å². The van der Waals surface area contributed by atoms with E-state index in [1.54, 1.807) is 6.07 Å². The van der Waals surface area contributed by atoms with Gasteiger partial charge in [-0.1, -0.05) is 11.6 Å². The number of aldehydes is 1. The maximum absolute atomic E-state index is 13.8. The first-order valence-corrected chi connectivity index (χ1v) is 9.96. The van der Waals surface area contributed by atoms with E-state index in [0.29, 0.717) is 36.0 Å². The van der Waals surface area contributed by atoms with E-state index in [2.05, 4.69) is 25.6 Å². The maximum Gasteiger partial charge on any atom is 0.232 e. The Hall–Kier alpha value is -3.37. The number of rotatable bonds is 6. The van der Waals surface area contributed by atoms with Crippen molar-refractivity contribution in [3.8, 4) is 5.75 Å². The highest BCUT2D eigenvalue weighted by atomic mass is 35.5. The van der Waals surface area contributed by atoms with Crippen LogP contribution in [0.4, 0.5) is 26.4 Å². The fraction of sp³-hybridized carbons (Fsp3) is 0.238. The molecule has 168 valence electrons. The van der Waals surface area contributed by atoms with E-state index in [-0.39, 0.29) is 23.4 Å². The smallest absolute Gasteiger partial charge is 0.232 e. The molecule has 0 spiro atoms. The number of ether oxygens (including phenoxy) is 1. The third-order valence-electron chi connectivity index (χ3n) is 4.19. The molecule has 0 aliphatic carbocycles. The molecular weight excluding hydrogens is 442 g/mol. The van der Waals surface area contributed by atoms with Crippen molar-refractivity contribution in [3.63, 3.8) is 0 Å². The summed E-state index contributed by atoms with van der Waals surface area (Å²) < 4.78 is 33.0. The molecule has 0 bridgehead atoms. The molecule has 2 aromatic carbocycles. The van der Waals surface area contributed by atoms with Crippen molar-refractivity contribution in [1.82, 2.24) is 20.3 Å². The van der Waals surface area contributed by atoms with Crippen molar-refractivity contribution >= 4 is 35.5 Å². The first-order valence-electron chi connectivity index (χ1n) is 9.58. The zero-order chi connectivity index (χ0) is 23.1. The molecule has 1 aliphatic rings. The Labute approximate surface area is 188 Å². The summed E-state index contributed by atoms with van der Waals surface area (Å²) in [6, 6.07) is 8.07. The zero-order valence-electron chi connectivity index (χ0n) is 17.3. The molecule has 0 radical (unpaired) electrons. The van der Waals surface area contributed by atoms with E-state index >= 15 is 0 Å². The molecule has 11 heteroatoms. The number of carbonyl (C=O) groups excluding carboxylic acids is 1. The van der Waals surface area contributed by atoms with Crippen LogP contribution in [0.5, 0.6) is 5.75 Å². The number of anilines is 3. The van der Waals surface area contributed by atoms with Crippen LogP contribution in [-0.2, 0) is 0 Å². The summed E-state index contributed by atoms with van der Waals surface area (Å²) >= 11 is 5.73. The first kappa shape index (κ1) is 23.3. The first-order chi connectivity index (χ1) is 15.4. The van der Waals surface area contributed by atoms with Gasteiger partial charge in [0.1, 0.15) is 24.5 Å². The molecule has 0 atom stereocenters. The minimum atomic E-state index is -0.552. The normalized spacial score (nSPS) is 13.0. The molecule has 1 aromatic heterocycles. The highest BCUT2D eigenvalue weighted by molar-refractivity contribution is 6.30. The predicted octanol–water partition coefficient (Wildman–Crippen LogP) is 3.46. The van der Waals surface area contributed by atoms with Gasteiger partial charge in [-0.05, 0) is 50.5 Å². The second kappa shape index (κ2) is 10.8. The van der Waals surface area contributed by atoms with Crippen LogP contribution in [0.3, 0.4) is 0 Å². The number of hydrogen-bond donors (Lipinski definition) is 2. The molecule has 1 fully saturated rings. The van der Waals surface area contributed by atoms with Crippen LogP contribution in [0.1, 0.15) is 10.4 Å². The van der Waals surface area contributed by atoms with E-state index in [0.717, 1.165) is 6.07 Å². The number of benzene rings is 2. The number of nitrogens with zero attached hydrogens (tertiary/aromatic N) is 4. The minimum Gasteiger partial charge on any atom is -0.484 e. The van der Waals surface area contributed by atoms with Gasteiger partial charge in [0.15, 0.2) is 11.6 Å². The Morgan fingerprint density at radius 2 is 1.91 bits per heavy atom. The lowest BCUT2D eigenvalue weighted by Crippen LogP contribution is -2.54. The fourth-order valence-corrected chi connectivity index (χ4v) is 2.97. The number of hydrogen-bond acceptors (Lipinski definition) is 8. The number of carbonyl (C=O) groups is 1. The number of nitrogens with one attached hydrogen (secondary N) is 2. The monoisotopic (exact) mass is 462 g/mol. The summed E-state index contributed by atoms with van der Waals surface area (Å²) in [6.07, 6.45) is 1.64. The molecule has 3 aromatic rings. The summed E-state index contributed by atoms with van der Waals surface area (Å²) in [5.41, 5.74) is 0.534. The van der Waals surface area contributed by atoms with E-state index < -0.39 is 11.6 Å². The van der Waals surface area contributed by atoms with Gasteiger partial charge in [0.2, 0.25) is 11.9 Å². The van der Waals surface area contributed by atoms with Gasteiger partial charge < -0.3 is 20.3 Å². The van der Waals surface area contributed by atoms with E-state index in [1.165, 1.54) is 30.6 Å². The van der Waals surface area contributed by atoms with Crippen LogP contribution in [0.2, 0.25) is 5.02 Å². The molecule has 0 unspecified atom stereocenters. The second-order valence-corrected chi connectivity index (χ2v) is 7.28. The summed E-state index contributed by atoms with van der Waals surface area (Å²) in [4.78, 5) is 25.1. The van der Waals surface area contributed by atoms with Crippen LogP contribution in [0.15, 0.2) is 42.7 Å². The lowest BCUT2D eigenvalue weighted by Gasteiger charge is -2.38. The van der Waals surface area contributed by atoms with Crippen LogP contribution >= 0.6 is 11.6 Å². The molecule has 4 rings (SSSR count). The Kier molecular flexibility index (Phi) is 7.85. The zero-order valence-corrected chi connectivity index (χ0v) is 18.1. The molecule has 0 saturated carbocycles. The highest BCUT2D eigenvalue weighted by Crippen LogP contribution is 2.26. The Morgan fingerprint density at radius 3 is 2.59 bits per heavy atom. The average molecular weight is 463 g/mol. The van der Waals surface area contributed by atoms with Gasteiger partial charge in [-0.3, -0.25) is 4.79 Å². The Balaban J connectivity index is 0.000000913. The third kappa shape index (κ3) is 6.08. The lowest BCUT2D eigenvalue weighted by molar-refractivity contribution is 0.112. The standard InChI is InChI=1S/C19H14ClF2N5O2.C2H7N/c20-12-1-2-17(16(22)5-12)29-15-7-27(8-15)19-24-10-23-18(26-19)25-14-4-11(9-28)3-13(21)6-14;1-3-2/h1-6,9-10,15H,7-8H2,(H,23,24,25,26);3H,1-2H3. The Bertz CT molecular complexity index is 1080. The van der Waals surface area contributed by atoms with Gasteiger partial charge in [-0.15, -0.1) is 0 Å². The van der Waals surface area contributed by atoms with Gasteiger partial charge in [0.25, 0.3) is 0 Å². The van der Waals surface area contributed by atoms with Gasteiger partial charge in [-0.25, -0.2) is 18.7 Å². The molecule has 8 nitrogen and oxygen atoms in total. The highest BCUT2D eigenvalue weighted by Gasteiger charge is 2.31. The van der Waals surface area contributed by atoms with E-state index in [9.17, 15) is 13.6 Å². The molecule has 32 heavy (non-hydrogen) atoms. The quantitative estimate of drug-likeness (QED) is 0.538. The molecule has 0 amide bonds. The molecule has 2 heterocycles. The van der Waals surface area contributed by atoms with Crippen LogP contribution < -0.4 is 20.3 Å². The van der Waals surface area contributed by atoms with Crippen LogP contribution in [0.25, 0.3) is 0 Å². The largest absolute Gasteiger partial charge is 0.484 e. The maximum atomic E-state index is 13.8. The van der Waals surface area contributed by atoms with Crippen LogP contribution in [0, 0.1) is 11.6 Å². The second-order valence-electron chi connectivity index (χ2n) is 6.84. The van der Waals surface area contributed by atoms with Crippen LogP contribution in [-0.4, -0.2) is 54.5 Å².